The van der Waals surface area contributed by atoms with Crippen molar-refractivity contribution < 1.29 is 21.6 Å². The van der Waals surface area contributed by atoms with Crippen molar-refractivity contribution >= 4 is 19.9 Å². The SMILES string of the molecule is COc1ccc(S(=O)(=O)N2CCCC(c3ncccc3S(C)(=O)=O)C2)cc1. The minimum absolute atomic E-state index is 0.165. The number of aromatic nitrogens is 1. The number of benzene rings is 1. The van der Waals surface area contributed by atoms with Gasteiger partial charge in [0.15, 0.2) is 9.84 Å². The van der Waals surface area contributed by atoms with Crippen molar-refractivity contribution in [1.82, 2.24) is 9.29 Å². The molecule has 0 bridgehead atoms. The lowest BCUT2D eigenvalue weighted by Gasteiger charge is -2.32. The molecule has 9 heteroatoms. The highest BCUT2D eigenvalue weighted by Crippen LogP contribution is 2.32. The maximum Gasteiger partial charge on any atom is 0.243 e. The second-order valence-corrected chi connectivity index (χ2v) is 10.5. The van der Waals surface area contributed by atoms with E-state index in [0.717, 1.165) is 6.26 Å². The number of methoxy groups -OCH3 is 1. The van der Waals surface area contributed by atoms with Crippen LogP contribution in [0.5, 0.6) is 5.75 Å². The molecule has 1 aliphatic rings. The largest absolute Gasteiger partial charge is 0.497 e. The quantitative estimate of drug-likeness (QED) is 0.749. The van der Waals surface area contributed by atoms with Gasteiger partial charge in [-0.2, -0.15) is 4.31 Å². The van der Waals surface area contributed by atoms with Crippen LogP contribution in [-0.4, -0.2) is 52.6 Å². The highest BCUT2D eigenvalue weighted by Gasteiger charge is 2.33. The lowest BCUT2D eigenvalue weighted by atomic mass is 9.95. The number of ether oxygens (including phenoxy) is 1. The van der Waals surface area contributed by atoms with E-state index >= 15 is 0 Å². The summed E-state index contributed by atoms with van der Waals surface area (Å²) in [6.45, 7) is 0.597. The summed E-state index contributed by atoms with van der Waals surface area (Å²) in [5.41, 5.74) is 0.439. The molecule has 7 nitrogen and oxygen atoms in total. The summed E-state index contributed by atoms with van der Waals surface area (Å²) in [5, 5.41) is 0. The second kappa shape index (κ2) is 7.57. The van der Waals surface area contributed by atoms with Crippen LogP contribution < -0.4 is 4.74 Å². The van der Waals surface area contributed by atoms with E-state index in [9.17, 15) is 16.8 Å². The maximum absolute atomic E-state index is 13.0. The van der Waals surface area contributed by atoms with E-state index in [4.69, 9.17) is 4.74 Å². The van der Waals surface area contributed by atoms with Crippen molar-refractivity contribution in [1.29, 1.82) is 0 Å². The molecule has 1 atom stereocenters. The van der Waals surface area contributed by atoms with Crippen LogP contribution in [0.1, 0.15) is 24.5 Å². The molecule has 0 spiro atoms. The third-order valence-corrected chi connectivity index (χ3v) is 7.69. The number of nitrogens with zero attached hydrogens (tertiary/aromatic N) is 2. The van der Waals surface area contributed by atoms with Crippen LogP contribution in [0.2, 0.25) is 0 Å². The Morgan fingerprint density at radius 3 is 2.44 bits per heavy atom. The topological polar surface area (TPSA) is 93.6 Å². The van der Waals surface area contributed by atoms with Gasteiger partial charge in [0.1, 0.15) is 5.75 Å². The van der Waals surface area contributed by atoms with Crippen molar-refractivity contribution in [2.24, 2.45) is 0 Å². The Hall–Kier alpha value is -1.97. The van der Waals surface area contributed by atoms with Crippen LogP contribution in [0.15, 0.2) is 52.4 Å². The summed E-state index contributed by atoms with van der Waals surface area (Å²) in [6.07, 6.45) is 4.01. The Balaban J connectivity index is 1.90. The van der Waals surface area contributed by atoms with Crippen molar-refractivity contribution in [3.63, 3.8) is 0 Å². The molecule has 1 unspecified atom stereocenters. The van der Waals surface area contributed by atoms with Gasteiger partial charge in [-0.25, -0.2) is 16.8 Å². The minimum atomic E-state index is -3.68. The summed E-state index contributed by atoms with van der Waals surface area (Å²) < 4.78 is 56.6. The average Bonchev–Trinajstić information content (AvgIpc) is 2.67. The van der Waals surface area contributed by atoms with Gasteiger partial charge in [-0.1, -0.05) is 0 Å². The van der Waals surface area contributed by atoms with Gasteiger partial charge in [0.05, 0.1) is 22.6 Å². The fourth-order valence-corrected chi connectivity index (χ4v) is 5.75. The molecule has 2 aromatic rings. The van der Waals surface area contributed by atoms with Gasteiger partial charge in [-0.3, -0.25) is 4.98 Å². The third-order valence-electron chi connectivity index (χ3n) is 4.67. The molecule has 1 aromatic carbocycles. The molecule has 1 aromatic heterocycles. The zero-order chi connectivity index (χ0) is 19.7. The zero-order valence-electron chi connectivity index (χ0n) is 15.2. The first kappa shape index (κ1) is 19.8. The Labute approximate surface area is 160 Å². The Morgan fingerprint density at radius 2 is 1.81 bits per heavy atom. The van der Waals surface area contributed by atoms with Gasteiger partial charge in [0.2, 0.25) is 10.0 Å². The highest BCUT2D eigenvalue weighted by molar-refractivity contribution is 7.90. The Kier molecular flexibility index (Phi) is 5.55. The number of rotatable bonds is 5. The van der Waals surface area contributed by atoms with Crippen molar-refractivity contribution in [2.75, 3.05) is 26.5 Å². The predicted molar refractivity (Wildman–Crippen MR) is 101 cm³/mol. The number of hydrogen-bond donors (Lipinski definition) is 0. The van der Waals surface area contributed by atoms with Crippen LogP contribution in [0, 0.1) is 0 Å². The number of sulfonamides is 1. The first-order valence-corrected chi connectivity index (χ1v) is 11.9. The molecule has 1 fully saturated rings. The lowest BCUT2D eigenvalue weighted by molar-refractivity contribution is 0.310. The first-order chi connectivity index (χ1) is 12.7. The van der Waals surface area contributed by atoms with Crippen LogP contribution in [0.25, 0.3) is 0 Å². The Bertz CT molecular complexity index is 1020. The highest BCUT2D eigenvalue weighted by atomic mass is 32.2. The number of sulfone groups is 1. The molecule has 1 saturated heterocycles. The predicted octanol–water partition coefficient (Wildman–Crippen LogP) is 2.06. The Morgan fingerprint density at radius 1 is 1.11 bits per heavy atom. The van der Waals surface area contributed by atoms with Crippen LogP contribution in [0.3, 0.4) is 0 Å². The lowest BCUT2D eigenvalue weighted by Crippen LogP contribution is -2.39. The fourth-order valence-electron chi connectivity index (χ4n) is 3.30. The summed E-state index contributed by atoms with van der Waals surface area (Å²) in [7, 11) is -5.60. The van der Waals surface area contributed by atoms with Gasteiger partial charge in [-0.05, 0) is 49.2 Å². The standard InChI is InChI=1S/C18H22N2O5S2/c1-25-15-7-9-16(10-8-15)27(23,24)20-12-4-5-14(13-20)18-17(26(2,21)22)6-3-11-19-18/h3,6-11,14H,4-5,12-13H2,1-2H3. The molecule has 3 rings (SSSR count). The molecule has 0 N–H and O–H groups in total. The van der Waals surface area contributed by atoms with E-state index in [0.29, 0.717) is 30.8 Å². The minimum Gasteiger partial charge on any atom is -0.497 e. The average molecular weight is 411 g/mol. The second-order valence-electron chi connectivity index (χ2n) is 6.54. The monoisotopic (exact) mass is 410 g/mol. The third kappa shape index (κ3) is 4.15. The van der Waals surface area contributed by atoms with E-state index in [1.54, 1.807) is 24.4 Å². The van der Waals surface area contributed by atoms with Gasteiger partial charge in [0.25, 0.3) is 0 Å². The fraction of sp³-hybridized carbons (Fsp3) is 0.389. The molecule has 0 saturated carbocycles. The molecule has 146 valence electrons. The van der Waals surface area contributed by atoms with Crippen molar-refractivity contribution in [3.05, 3.63) is 48.3 Å². The van der Waals surface area contributed by atoms with Gasteiger partial charge in [-0.15, -0.1) is 0 Å². The molecular weight excluding hydrogens is 388 g/mol. The van der Waals surface area contributed by atoms with Crippen LogP contribution >= 0.6 is 0 Å². The van der Waals surface area contributed by atoms with Crippen LogP contribution in [-0.2, 0) is 19.9 Å². The molecule has 27 heavy (non-hydrogen) atoms. The normalized spacial score (nSPS) is 19.0. The summed E-state index contributed by atoms with van der Waals surface area (Å²) >= 11 is 0. The van der Waals surface area contributed by atoms with E-state index in [1.807, 2.05) is 0 Å². The summed E-state index contributed by atoms with van der Waals surface area (Å²) in [5.74, 6) is 0.314. The molecule has 0 aliphatic carbocycles. The summed E-state index contributed by atoms with van der Waals surface area (Å²) in [6, 6.07) is 9.34. The maximum atomic E-state index is 13.0. The van der Waals surface area contributed by atoms with E-state index in [-0.39, 0.29) is 22.3 Å². The molecule has 2 heterocycles. The smallest absolute Gasteiger partial charge is 0.243 e. The zero-order valence-corrected chi connectivity index (χ0v) is 16.8. The van der Waals surface area contributed by atoms with E-state index < -0.39 is 19.9 Å². The van der Waals surface area contributed by atoms with Crippen molar-refractivity contribution in [2.45, 2.75) is 28.6 Å². The summed E-state index contributed by atoms with van der Waals surface area (Å²) in [4.78, 5) is 4.62. The molecular formula is C18H22N2O5S2. The number of hydrogen-bond acceptors (Lipinski definition) is 6. The molecule has 1 aliphatic heterocycles. The van der Waals surface area contributed by atoms with Crippen molar-refractivity contribution in [3.8, 4) is 5.75 Å². The van der Waals surface area contributed by atoms with Gasteiger partial charge >= 0.3 is 0 Å². The van der Waals surface area contributed by atoms with Gasteiger partial charge in [0, 0.05) is 31.5 Å². The molecule has 0 radical (unpaired) electrons. The number of piperidine rings is 1. The van der Waals surface area contributed by atoms with Crippen LogP contribution in [0.4, 0.5) is 0 Å². The van der Waals surface area contributed by atoms with Gasteiger partial charge < -0.3 is 4.74 Å². The molecule has 0 amide bonds. The number of pyridine rings is 1. The van der Waals surface area contributed by atoms with E-state index in [2.05, 4.69) is 4.98 Å². The first-order valence-electron chi connectivity index (χ1n) is 8.52. The van der Waals surface area contributed by atoms with E-state index in [1.165, 1.54) is 29.6 Å².